The summed E-state index contributed by atoms with van der Waals surface area (Å²) in [5.74, 6) is 0.603. The zero-order chi connectivity index (χ0) is 15.4. The molecule has 0 aliphatic carbocycles. The highest BCUT2D eigenvalue weighted by Gasteiger charge is 2.10. The molecule has 0 unspecified atom stereocenters. The first-order chi connectivity index (χ1) is 10.7. The summed E-state index contributed by atoms with van der Waals surface area (Å²) in [6.45, 7) is 4.50. The van der Waals surface area contributed by atoms with Gasteiger partial charge in [0.1, 0.15) is 0 Å². The second-order valence-electron chi connectivity index (χ2n) is 5.93. The fourth-order valence-corrected chi connectivity index (χ4v) is 2.66. The van der Waals surface area contributed by atoms with E-state index in [4.69, 9.17) is 0 Å². The molecule has 0 bridgehead atoms. The molecule has 110 valence electrons. The van der Waals surface area contributed by atoms with Crippen molar-refractivity contribution in [1.82, 2.24) is 9.97 Å². The first-order valence-corrected chi connectivity index (χ1v) is 7.69. The molecular formula is C20H20N2. The molecule has 0 N–H and O–H groups in total. The lowest BCUT2D eigenvalue weighted by molar-refractivity contribution is 0.648. The molecule has 0 aliphatic rings. The molecule has 0 fully saturated rings. The van der Waals surface area contributed by atoms with E-state index in [2.05, 4.69) is 60.2 Å². The van der Waals surface area contributed by atoms with Gasteiger partial charge in [-0.25, -0.2) is 0 Å². The number of benzene rings is 1. The van der Waals surface area contributed by atoms with Crippen LogP contribution in [0.5, 0.6) is 0 Å². The van der Waals surface area contributed by atoms with Crippen LogP contribution in [0.1, 0.15) is 19.4 Å². The van der Waals surface area contributed by atoms with Crippen molar-refractivity contribution in [2.45, 2.75) is 20.3 Å². The summed E-state index contributed by atoms with van der Waals surface area (Å²) in [4.78, 5) is 8.85. The van der Waals surface area contributed by atoms with Crippen LogP contribution >= 0.6 is 0 Å². The molecule has 2 nitrogen and oxygen atoms in total. The molecule has 0 amide bonds. The summed E-state index contributed by atoms with van der Waals surface area (Å²) in [6, 6.07) is 16.7. The van der Waals surface area contributed by atoms with Crippen LogP contribution < -0.4 is 0 Å². The van der Waals surface area contributed by atoms with Crippen molar-refractivity contribution < 1.29 is 0 Å². The minimum absolute atomic E-state index is 0.603. The van der Waals surface area contributed by atoms with E-state index < -0.39 is 0 Å². The lowest BCUT2D eigenvalue weighted by atomic mass is 9.94. The molecule has 0 radical (unpaired) electrons. The summed E-state index contributed by atoms with van der Waals surface area (Å²) in [5.41, 5.74) is 5.84. The van der Waals surface area contributed by atoms with E-state index in [0.717, 1.165) is 17.7 Å². The summed E-state index contributed by atoms with van der Waals surface area (Å²) in [5, 5.41) is 0. The van der Waals surface area contributed by atoms with Gasteiger partial charge in [0.15, 0.2) is 0 Å². The fraction of sp³-hybridized carbons (Fsp3) is 0.200. The third-order valence-corrected chi connectivity index (χ3v) is 3.66. The number of hydrogen-bond acceptors (Lipinski definition) is 2. The van der Waals surface area contributed by atoms with Crippen LogP contribution in [0, 0.1) is 5.92 Å². The first-order valence-electron chi connectivity index (χ1n) is 7.69. The molecular weight excluding hydrogens is 268 g/mol. The minimum atomic E-state index is 0.603. The van der Waals surface area contributed by atoms with Gasteiger partial charge in [-0.2, -0.15) is 0 Å². The number of pyridine rings is 2. The van der Waals surface area contributed by atoms with Crippen molar-refractivity contribution in [2.75, 3.05) is 0 Å². The summed E-state index contributed by atoms with van der Waals surface area (Å²) < 4.78 is 0. The highest BCUT2D eigenvalue weighted by Crippen LogP contribution is 2.28. The van der Waals surface area contributed by atoms with E-state index in [-0.39, 0.29) is 0 Å². The minimum Gasteiger partial charge on any atom is -0.264 e. The van der Waals surface area contributed by atoms with Crippen LogP contribution in [-0.2, 0) is 6.42 Å². The van der Waals surface area contributed by atoms with E-state index in [0.29, 0.717) is 5.92 Å². The highest BCUT2D eigenvalue weighted by molar-refractivity contribution is 5.70. The van der Waals surface area contributed by atoms with Crippen molar-refractivity contribution >= 4 is 0 Å². The predicted octanol–water partition coefficient (Wildman–Crippen LogP) is 5.01. The predicted molar refractivity (Wildman–Crippen MR) is 91.4 cm³/mol. The summed E-state index contributed by atoms with van der Waals surface area (Å²) >= 11 is 0. The number of hydrogen-bond donors (Lipinski definition) is 0. The quantitative estimate of drug-likeness (QED) is 0.674. The third-order valence-electron chi connectivity index (χ3n) is 3.66. The highest BCUT2D eigenvalue weighted by atomic mass is 14.7. The molecule has 0 atom stereocenters. The largest absolute Gasteiger partial charge is 0.264 e. The second-order valence-corrected chi connectivity index (χ2v) is 5.93. The molecule has 0 spiro atoms. The smallest absolute Gasteiger partial charge is 0.0720 e. The van der Waals surface area contributed by atoms with Gasteiger partial charge < -0.3 is 0 Å². The normalized spacial score (nSPS) is 10.9. The molecule has 3 rings (SSSR count). The lowest BCUT2D eigenvalue weighted by Gasteiger charge is -2.13. The molecule has 0 saturated heterocycles. The van der Waals surface area contributed by atoms with Crippen LogP contribution in [0.25, 0.3) is 22.4 Å². The fourth-order valence-electron chi connectivity index (χ4n) is 2.66. The van der Waals surface area contributed by atoms with Gasteiger partial charge in [-0.3, -0.25) is 9.97 Å². The van der Waals surface area contributed by atoms with Gasteiger partial charge in [-0.1, -0.05) is 44.2 Å². The third kappa shape index (κ3) is 3.22. The first kappa shape index (κ1) is 14.5. The number of rotatable bonds is 4. The molecule has 2 heterocycles. The van der Waals surface area contributed by atoms with Crippen LogP contribution in [0.3, 0.4) is 0 Å². The van der Waals surface area contributed by atoms with Crippen molar-refractivity contribution in [1.29, 1.82) is 0 Å². The Morgan fingerprint density at radius 3 is 2.36 bits per heavy atom. The zero-order valence-electron chi connectivity index (χ0n) is 13.0. The van der Waals surface area contributed by atoms with Gasteiger partial charge in [0.2, 0.25) is 0 Å². The molecule has 0 aliphatic heterocycles. The van der Waals surface area contributed by atoms with E-state index in [1.54, 1.807) is 6.20 Å². The number of nitrogens with zero attached hydrogens (tertiary/aromatic N) is 2. The Bertz CT molecular complexity index is 734. The topological polar surface area (TPSA) is 25.8 Å². The average molecular weight is 288 g/mol. The Balaban J connectivity index is 2.08. The van der Waals surface area contributed by atoms with E-state index in [1.165, 1.54) is 16.7 Å². The molecule has 2 heteroatoms. The summed E-state index contributed by atoms with van der Waals surface area (Å²) in [7, 11) is 0. The van der Waals surface area contributed by atoms with Gasteiger partial charge in [0.25, 0.3) is 0 Å². The van der Waals surface area contributed by atoms with Gasteiger partial charge >= 0.3 is 0 Å². The Morgan fingerprint density at radius 2 is 1.68 bits per heavy atom. The van der Waals surface area contributed by atoms with Gasteiger partial charge in [-0.15, -0.1) is 0 Å². The van der Waals surface area contributed by atoms with Gasteiger partial charge in [-0.05, 0) is 41.7 Å². The molecule has 3 aromatic rings. The Hall–Kier alpha value is -2.48. The summed E-state index contributed by atoms with van der Waals surface area (Å²) in [6.07, 6.45) is 6.69. The lowest BCUT2D eigenvalue weighted by Crippen LogP contribution is -1.99. The van der Waals surface area contributed by atoms with Crippen molar-refractivity contribution in [3.8, 4) is 22.4 Å². The maximum absolute atomic E-state index is 4.65. The SMILES string of the molecule is CC(C)Cc1cc(-c2cccnc2)ncc1-c1ccccc1. The van der Waals surface area contributed by atoms with Crippen LogP contribution in [0.15, 0.2) is 67.1 Å². The van der Waals surface area contributed by atoms with Crippen molar-refractivity contribution in [3.05, 3.63) is 72.7 Å². The molecule has 0 saturated carbocycles. The van der Waals surface area contributed by atoms with E-state index in [9.17, 15) is 0 Å². The Kier molecular flexibility index (Phi) is 4.29. The molecule has 1 aromatic carbocycles. The standard InChI is InChI=1S/C20H20N2/c1-15(2)11-18-12-20(17-9-6-10-21-13-17)22-14-19(18)16-7-4-3-5-8-16/h3-10,12-15H,11H2,1-2H3. The van der Waals surface area contributed by atoms with E-state index >= 15 is 0 Å². The maximum Gasteiger partial charge on any atom is 0.0720 e. The van der Waals surface area contributed by atoms with Crippen LogP contribution in [0.4, 0.5) is 0 Å². The Morgan fingerprint density at radius 1 is 0.909 bits per heavy atom. The van der Waals surface area contributed by atoms with Crippen molar-refractivity contribution in [3.63, 3.8) is 0 Å². The molecule has 22 heavy (non-hydrogen) atoms. The monoisotopic (exact) mass is 288 g/mol. The average Bonchev–Trinajstić information content (AvgIpc) is 2.56. The van der Waals surface area contributed by atoms with Crippen molar-refractivity contribution in [2.24, 2.45) is 5.92 Å². The zero-order valence-corrected chi connectivity index (χ0v) is 13.0. The Labute approximate surface area is 131 Å². The van der Waals surface area contributed by atoms with Crippen LogP contribution in [-0.4, -0.2) is 9.97 Å². The molecule has 2 aromatic heterocycles. The number of aromatic nitrogens is 2. The van der Waals surface area contributed by atoms with Crippen LogP contribution in [0.2, 0.25) is 0 Å². The van der Waals surface area contributed by atoms with Gasteiger partial charge in [0.05, 0.1) is 5.69 Å². The second kappa shape index (κ2) is 6.52. The van der Waals surface area contributed by atoms with E-state index in [1.807, 2.05) is 24.5 Å². The van der Waals surface area contributed by atoms with Gasteiger partial charge in [0, 0.05) is 29.7 Å². The maximum atomic E-state index is 4.65.